The largest absolute Gasteiger partial charge is 0.480 e. The molecular weight excluding hydrogens is 230 g/mol. The molecule has 0 spiro atoms. The minimum atomic E-state index is -0.898. The van der Waals surface area contributed by atoms with Gasteiger partial charge in [-0.1, -0.05) is 25.7 Å². The summed E-state index contributed by atoms with van der Waals surface area (Å²) in [6.45, 7) is 0.524. The average Bonchev–Trinajstić information content (AvgIpc) is 2.98. The molecule has 1 N–H and O–H groups in total. The van der Waals surface area contributed by atoms with E-state index < -0.39 is 5.97 Å². The van der Waals surface area contributed by atoms with Crippen LogP contribution in [-0.4, -0.2) is 35.0 Å². The third kappa shape index (κ3) is 4.31. The third-order valence-corrected chi connectivity index (χ3v) is 4.10. The van der Waals surface area contributed by atoms with Crippen LogP contribution >= 0.6 is 0 Å². The first kappa shape index (κ1) is 13.4. The Morgan fingerprint density at radius 2 is 1.72 bits per heavy atom. The molecule has 4 heteroatoms. The quantitative estimate of drug-likeness (QED) is 0.757. The van der Waals surface area contributed by atoms with Gasteiger partial charge in [0, 0.05) is 13.0 Å². The van der Waals surface area contributed by atoms with Crippen LogP contribution in [0, 0.1) is 11.8 Å². The van der Waals surface area contributed by atoms with Crippen LogP contribution in [0.15, 0.2) is 0 Å². The van der Waals surface area contributed by atoms with Gasteiger partial charge in [-0.15, -0.1) is 0 Å². The second-order valence-electron chi connectivity index (χ2n) is 5.80. The number of amides is 1. The highest BCUT2D eigenvalue weighted by atomic mass is 16.4. The SMILES string of the molecule is O=C(O)CN(CC1CC1)C(=O)CCC1CCCC1. The molecule has 0 aromatic carbocycles. The minimum absolute atomic E-state index is 0.0381. The Labute approximate surface area is 108 Å². The minimum Gasteiger partial charge on any atom is -0.480 e. The van der Waals surface area contributed by atoms with Crippen LogP contribution in [0.2, 0.25) is 0 Å². The molecule has 0 radical (unpaired) electrons. The summed E-state index contributed by atoms with van der Waals surface area (Å²) in [4.78, 5) is 24.4. The Balaban J connectivity index is 1.75. The number of carboxylic acids is 1. The highest BCUT2D eigenvalue weighted by molar-refractivity contribution is 5.81. The van der Waals surface area contributed by atoms with Crippen molar-refractivity contribution in [1.82, 2.24) is 4.90 Å². The predicted molar refractivity (Wildman–Crippen MR) is 68.1 cm³/mol. The van der Waals surface area contributed by atoms with Crippen LogP contribution in [0.5, 0.6) is 0 Å². The number of aliphatic carboxylic acids is 1. The molecule has 18 heavy (non-hydrogen) atoms. The van der Waals surface area contributed by atoms with Crippen molar-refractivity contribution in [2.75, 3.05) is 13.1 Å². The molecule has 0 aromatic heterocycles. The maximum absolute atomic E-state index is 12.1. The lowest BCUT2D eigenvalue weighted by atomic mass is 10.0. The molecule has 2 aliphatic rings. The molecule has 0 aliphatic heterocycles. The standard InChI is InChI=1S/C14H23NO3/c16-13(8-7-11-3-1-2-4-11)15(10-14(17)18)9-12-5-6-12/h11-12H,1-10H2,(H,17,18). The van der Waals surface area contributed by atoms with E-state index in [2.05, 4.69) is 0 Å². The van der Waals surface area contributed by atoms with Gasteiger partial charge >= 0.3 is 5.97 Å². The first-order valence-electron chi connectivity index (χ1n) is 7.14. The fourth-order valence-corrected chi connectivity index (χ4v) is 2.81. The van der Waals surface area contributed by atoms with Crippen molar-refractivity contribution < 1.29 is 14.7 Å². The molecule has 2 fully saturated rings. The number of nitrogens with zero attached hydrogens (tertiary/aromatic N) is 1. The van der Waals surface area contributed by atoms with Gasteiger partial charge in [-0.25, -0.2) is 0 Å². The zero-order valence-electron chi connectivity index (χ0n) is 10.9. The number of carbonyl (C=O) groups is 2. The first-order chi connectivity index (χ1) is 8.65. The summed E-state index contributed by atoms with van der Waals surface area (Å²) in [7, 11) is 0. The lowest BCUT2D eigenvalue weighted by molar-refractivity contribution is -0.144. The fraction of sp³-hybridized carbons (Fsp3) is 0.857. The van der Waals surface area contributed by atoms with Crippen LogP contribution in [0.4, 0.5) is 0 Å². The number of hydrogen-bond donors (Lipinski definition) is 1. The molecule has 4 nitrogen and oxygen atoms in total. The molecule has 0 saturated heterocycles. The molecule has 2 rings (SSSR count). The normalized spacial score (nSPS) is 20.0. The number of hydrogen-bond acceptors (Lipinski definition) is 2. The van der Waals surface area contributed by atoms with E-state index in [1.54, 1.807) is 4.90 Å². The van der Waals surface area contributed by atoms with Crippen LogP contribution < -0.4 is 0 Å². The summed E-state index contributed by atoms with van der Waals surface area (Å²) < 4.78 is 0. The van der Waals surface area contributed by atoms with Gasteiger partial charge in [0.25, 0.3) is 0 Å². The van der Waals surface area contributed by atoms with E-state index in [4.69, 9.17) is 5.11 Å². The second-order valence-corrected chi connectivity index (χ2v) is 5.80. The summed E-state index contributed by atoms with van der Waals surface area (Å²) >= 11 is 0. The number of rotatable bonds is 7. The van der Waals surface area contributed by atoms with E-state index in [0.717, 1.165) is 19.3 Å². The molecule has 0 aromatic rings. The molecule has 0 unspecified atom stereocenters. The Bertz CT molecular complexity index is 306. The maximum atomic E-state index is 12.1. The van der Waals surface area contributed by atoms with E-state index in [0.29, 0.717) is 24.8 Å². The van der Waals surface area contributed by atoms with E-state index in [9.17, 15) is 9.59 Å². The van der Waals surface area contributed by atoms with E-state index in [-0.39, 0.29) is 12.5 Å². The number of carbonyl (C=O) groups excluding carboxylic acids is 1. The van der Waals surface area contributed by atoms with Gasteiger partial charge < -0.3 is 10.0 Å². The molecule has 2 saturated carbocycles. The van der Waals surface area contributed by atoms with Gasteiger partial charge in [-0.05, 0) is 31.1 Å². The van der Waals surface area contributed by atoms with E-state index in [1.165, 1.54) is 25.7 Å². The van der Waals surface area contributed by atoms with Crippen molar-refractivity contribution in [3.05, 3.63) is 0 Å². The van der Waals surface area contributed by atoms with Crippen molar-refractivity contribution in [1.29, 1.82) is 0 Å². The summed E-state index contributed by atoms with van der Waals surface area (Å²) in [6.07, 6.45) is 8.84. The molecule has 1 amide bonds. The molecular formula is C14H23NO3. The second kappa shape index (κ2) is 6.21. The third-order valence-electron chi connectivity index (χ3n) is 4.10. The monoisotopic (exact) mass is 253 g/mol. The first-order valence-corrected chi connectivity index (χ1v) is 7.14. The molecule has 0 atom stereocenters. The lowest BCUT2D eigenvalue weighted by Crippen LogP contribution is -2.37. The van der Waals surface area contributed by atoms with Crippen LogP contribution in [0.3, 0.4) is 0 Å². The zero-order chi connectivity index (χ0) is 13.0. The summed E-state index contributed by atoms with van der Waals surface area (Å²) in [5, 5.41) is 8.85. The Morgan fingerprint density at radius 1 is 1.06 bits per heavy atom. The summed E-state index contributed by atoms with van der Waals surface area (Å²) in [5.74, 6) is 0.391. The molecule has 102 valence electrons. The van der Waals surface area contributed by atoms with Gasteiger partial charge in [0.2, 0.25) is 5.91 Å². The van der Waals surface area contributed by atoms with Gasteiger partial charge in [-0.2, -0.15) is 0 Å². The highest BCUT2D eigenvalue weighted by Gasteiger charge is 2.28. The van der Waals surface area contributed by atoms with Crippen molar-refractivity contribution in [3.8, 4) is 0 Å². The van der Waals surface area contributed by atoms with Gasteiger partial charge in [0.15, 0.2) is 0 Å². The van der Waals surface area contributed by atoms with Crippen LogP contribution in [0.25, 0.3) is 0 Å². The maximum Gasteiger partial charge on any atom is 0.323 e. The van der Waals surface area contributed by atoms with Crippen LogP contribution in [-0.2, 0) is 9.59 Å². The Kier molecular flexibility index (Phi) is 4.61. The fourth-order valence-electron chi connectivity index (χ4n) is 2.81. The highest BCUT2D eigenvalue weighted by Crippen LogP contribution is 2.31. The van der Waals surface area contributed by atoms with Crippen molar-refractivity contribution >= 4 is 11.9 Å². The van der Waals surface area contributed by atoms with E-state index in [1.807, 2.05) is 0 Å². The number of carboxylic acid groups (broad SMARTS) is 1. The predicted octanol–water partition coefficient (Wildman–Crippen LogP) is 2.28. The average molecular weight is 253 g/mol. The van der Waals surface area contributed by atoms with Crippen molar-refractivity contribution in [3.63, 3.8) is 0 Å². The lowest BCUT2D eigenvalue weighted by Gasteiger charge is -2.21. The Morgan fingerprint density at radius 3 is 2.28 bits per heavy atom. The molecule has 0 heterocycles. The molecule has 2 aliphatic carbocycles. The zero-order valence-corrected chi connectivity index (χ0v) is 10.9. The van der Waals surface area contributed by atoms with Gasteiger partial charge in [0.05, 0.1) is 0 Å². The molecule has 0 bridgehead atoms. The summed E-state index contributed by atoms with van der Waals surface area (Å²) in [6, 6.07) is 0. The van der Waals surface area contributed by atoms with Gasteiger partial charge in [-0.3, -0.25) is 9.59 Å². The van der Waals surface area contributed by atoms with Crippen LogP contribution in [0.1, 0.15) is 51.4 Å². The topological polar surface area (TPSA) is 57.6 Å². The Hall–Kier alpha value is -1.06. The van der Waals surface area contributed by atoms with Crippen molar-refractivity contribution in [2.24, 2.45) is 11.8 Å². The van der Waals surface area contributed by atoms with Gasteiger partial charge in [0.1, 0.15) is 6.54 Å². The van der Waals surface area contributed by atoms with E-state index >= 15 is 0 Å². The smallest absolute Gasteiger partial charge is 0.323 e. The van der Waals surface area contributed by atoms with Crippen molar-refractivity contribution in [2.45, 2.75) is 51.4 Å². The summed E-state index contributed by atoms with van der Waals surface area (Å²) in [5.41, 5.74) is 0.